The Morgan fingerprint density at radius 1 is 1.19 bits per heavy atom. The second kappa shape index (κ2) is 9.94. The van der Waals surface area contributed by atoms with Crippen molar-refractivity contribution in [3.63, 3.8) is 0 Å². The first-order valence-electron chi connectivity index (χ1n) is 12.0. The maximum absolute atomic E-state index is 13.1. The highest BCUT2D eigenvalue weighted by Crippen LogP contribution is 2.29. The van der Waals surface area contributed by atoms with E-state index in [1.807, 2.05) is 32.0 Å². The lowest BCUT2D eigenvalue weighted by Gasteiger charge is -2.29. The van der Waals surface area contributed by atoms with Crippen LogP contribution in [0.25, 0.3) is 5.69 Å². The molecule has 4 amide bonds. The number of fused-ring (bicyclic) bond motifs is 1. The van der Waals surface area contributed by atoms with Crippen molar-refractivity contribution in [3.05, 3.63) is 71.0 Å². The molecule has 2 N–H and O–H groups in total. The summed E-state index contributed by atoms with van der Waals surface area (Å²) in [7, 11) is 0. The van der Waals surface area contributed by atoms with Gasteiger partial charge < -0.3 is 15.0 Å². The van der Waals surface area contributed by atoms with Gasteiger partial charge in [0.15, 0.2) is 5.69 Å². The molecule has 1 unspecified atom stereocenters. The molecule has 37 heavy (non-hydrogen) atoms. The van der Waals surface area contributed by atoms with E-state index in [-0.39, 0.29) is 36.6 Å². The maximum Gasteiger partial charge on any atom is 0.277 e. The molecule has 11 nitrogen and oxygen atoms in total. The summed E-state index contributed by atoms with van der Waals surface area (Å²) in [5, 5.41) is 13.2. The van der Waals surface area contributed by atoms with E-state index in [9.17, 15) is 19.2 Å². The molecule has 11 heteroatoms. The zero-order chi connectivity index (χ0) is 26.1. The van der Waals surface area contributed by atoms with Crippen molar-refractivity contribution >= 4 is 29.3 Å². The number of aromatic nitrogens is 3. The minimum atomic E-state index is -0.682. The second-order valence-corrected chi connectivity index (χ2v) is 9.30. The molecule has 2 aromatic carbocycles. The van der Waals surface area contributed by atoms with E-state index in [0.717, 1.165) is 11.1 Å². The van der Waals surface area contributed by atoms with Gasteiger partial charge >= 0.3 is 0 Å². The van der Waals surface area contributed by atoms with Crippen LogP contribution < -0.4 is 10.6 Å². The highest BCUT2D eigenvalue weighted by atomic mass is 16.5. The van der Waals surface area contributed by atoms with Gasteiger partial charge in [-0.15, -0.1) is 5.10 Å². The average Bonchev–Trinajstić information content (AvgIpc) is 3.48. The summed E-state index contributed by atoms with van der Waals surface area (Å²) in [5.41, 5.74) is 3.44. The lowest BCUT2D eigenvalue weighted by Crippen LogP contribution is -2.52. The number of benzene rings is 2. The molecule has 190 valence electrons. The fourth-order valence-corrected chi connectivity index (χ4v) is 4.38. The van der Waals surface area contributed by atoms with E-state index in [0.29, 0.717) is 30.0 Å². The number of imide groups is 1. The number of nitrogens with zero attached hydrogens (tertiary/aromatic N) is 4. The Morgan fingerprint density at radius 2 is 2.03 bits per heavy atom. The van der Waals surface area contributed by atoms with Crippen LogP contribution in [-0.2, 0) is 27.5 Å². The number of hydrogen-bond donors (Lipinski definition) is 2. The molecule has 1 aromatic heterocycles. The Kier molecular flexibility index (Phi) is 6.53. The number of hydrogen-bond acceptors (Lipinski definition) is 7. The summed E-state index contributed by atoms with van der Waals surface area (Å²) in [4.78, 5) is 51.1. The van der Waals surface area contributed by atoms with Crippen molar-refractivity contribution in [3.8, 4) is 5.69 Å². The predicted octanol–water partition coefficient (Wildman–Crippen LogP) is 2.21. The van der Waals surface area contributed by atoms with Crippen LogP contribution in [-0.4, -0.2) is 55.7 Å². The Balaban J connectivity index is 1.28. The monoisotopic (exact) mass is 502 g/mol. The van der Waals surface area contributed by atoms with Gasteiger partial charge in [-0.2, -0.15) is 0 Å². The third kappa shape index (κ3) is 5.12. The number of ether oxygens (including phenoxy) is 1. The molecule has 1 fully saturated rings. The number of carbonyl (C=O) groups excluding carboxylic acids is 4. The first kappa shape index (κ1) is 24.3. The molecule has 0 spiro atoms. The molecule has 1 saturated heterocycles. The molecule has 0 bridgehead atoms. The van der Waals surface area contributed by atoms with E-state index in [4.69, 9.17) is 4.74 Å². The standard InChI is InChI=1S/C26H26N6O5/c1-15(2)37-14-16-4-3-5-18(10-16)27-24(34)21-13-32(30-29-21)19-7-6-17-12-31(26(36)20(17)11-19)22-8-9-23(33)28-25(22)35/h3-7,10-11,13,15,22H,8-9,12,14H2,1-2H3,(H,27,34)(H,28,33,35). The van der Waals surface area contributed by atoms with Crippen LogP contribution in [0.3, 0.4) is 0 Å². The van der Waals surface area contributed by atoms with Crippen molar-refractivity contribution < 1.29 is 23.9 Å². The lowest BCUT2D eigenvalue weighted by atomic mass is 10.0. The Hall–Kier alpha value is -4.38. The lowest BCUT2D eigenvalue weighted by molar-refractivity contribution is -0.136. The number of amides is 4. The van der Waals surface area contributed by atoms with Gasteiger partial charge in [0.2, 0.25) is 11.8 Å². The largest absolute Gasteiger partial charge is 0.374 e. The first-order chi connectivity index (χ1) is 17.8. The number of nitrogens with one attached hydrogen (secondary N) is 2. The molecule has 0 aliphatic carbocycles. The van der Waals surface area contributed by atoms with Gasteiger partial charge in [0, 0.05) is 24.2 Å². The molecular weight excluding hydrogens is 476 g/mol. The molecular formula is C26H26N6O5. The van der Waals surface area contributed by atoms with Gasteiger partial charge in [0.1, 0.15) is 6.04 Å². The van der Waals surface area contributed by atoms with Crippen LogP contribution in [0.5, 0.6) is 0 Å². The molecule has 0 radical (unpaired) electrons. The Morgan fingerprint density at radius 3 is 2.81 bits per heavy atom. The zero-order valence-corrected chi connectivity index (χ0v) is 20.4. The van der Waals surface area contributed by atoms with E-state index < -0.39 is 17.9 Å². The number of anilines is 1. The SMILES string of the molecule is CC(C)OCc1cccc(NC(=O)c2cn(-c3ccc4c(c3)C(=O)N(C3CCC(=O)NC3=O)C4)nn2)c1. The van der Waals surface area contributed by atoms with Crippen LogP contribution in [0.1, 0.15) is 58.7 Å². The minimum Gasteiger partial charge on any atom is -0.374 e. The van der Waals surface area contributed by atoms with Gasteiger partial charge in [0.05, 0.1) is 24.6 Å². The quantitative estimate of drug-likeness (QED) is 0.473. The third-order valence-corrected chi connectivity index (χ3v) is 6.27. The number of rotatable bonds is 7. The molecule has 2 aliphatic rings. The van der Waals surface area contributed by atoms with E-state index >= 15 is 0 Å². The van der Waals surface area contributed by atoms with E-state index in [2.05, 4.69) is 20.9 Å². The Labute approximate surface area is 212 Å². The zero-order valence-electron chi connectivity index (χ0n) is 20.4. The van der Waals surface area contributed by atoms with Crippen molar-refractivity contribution in [1.82, 2.24) is 25.2 Å². The van der Waals surface area contributed by atoms with Crippen LogP contribution in [0.4, 0.5) is 5.69 Å². The van der Waals surface area contributed by atoms with Gasteiger partial charge in [-0.05, 0) is 55.7 Å². The van der Waals surface area contributed by atoms with E-state index in [1.54, 1.807) is 24.3 Å². The third-order valence-electron chi connectivity index (χ3n) is 6.27. The average molecular weight is 503 g/mol. The van der Waals surface area contributed by atoms with Crippen LogP contribution in [0.2, 0.25) is 0 Å². The molecule has 3 aromatic rings. The minimum absolute atomic E-state index is 0.100. The normalized spacial score (nSPS) is 17.2. The highest BCUT2D eigenvalue weighted by molar-refractivity contribution is 6.05. The van der Waals surface area contributed by atoms with E-state index in [1.165, 1.54) is 15.8 Å². The molecule has 0 saturated carbocycles. The summed E-state index contributed by atoms with van der Waals surface area (Å²) in [6.07, 6.45) is 2.08. The number of carbonyl (C=O) groups is 4. The molecule has 2 aliphatic heterocycles. The van der Waals surface area contributed by atoms with Crippen LogP contribution in [0, 0.1) is 0 Å². The number of piperidine rings is 1. The molecule has 5 rings (SSSR count). The van der Waals surface area contributed by atoms with Gasteiger partial charge in [-0.3, -0.25) is 24.5 Å². The van der Waals surface area contributed by atoms with Gasteiger partial charge in [-0.25, -0.2) is 4.68 Å². The molecule has 3 heterocycles. The summed E-state index contributed by atoms with van der Waals surface area (Å²) in [5.74, 6) is -1.49. The predicted molar refractivity (Wildman–Crippen MR) is 132 cm³/mol. The van der Waals surface area contributed by atoms with Gasteiger partial charge in [-0.1, -0.05) is 23.4 Å². The summed E-state index contributed by atoms with van der Waals surface area (Å²) in [6.45, 7) is 4.64. The first-order valence-corrected chi connectivity index (χ1v) is 12.0. The van der Waals surface area contributed by atoms with Crippen molar-refractivity contribution in [1.29, 1.82) is 0 Å². The molecule has 1 atom stereocenters. The van der Waals surface area contributed by atoms with Crippen LogP contribution >= 0.6 is 0 Å². The van der Waals surface area contributed by atoms with Crippen molar-refractivity contribution in [2.45, 2.75) is 52.0 Å². The maximum atomic E-state index is 13.1. The van der Waals surface area contributed by atoms with Crippen molar-refractivity contribution in [2.24, 2.45) is 0 Å². The summed E-state index contributed by atoms with van der Waals surface area (Å²) < 4.78 is 7.04. The smallest absolute Gasteiger partial charge is 0.277 e. The second-order valence-electron chi connectivity index (χ2n) is 9.30. The van der Waals surface area contributed by atoms with Gasteiger partial charge in [0.25, 0.3) is 11.8 Å². The topological polar surface area (TPSA) is 136 Å². The summed E-state index contributed by atoms with van der Waals surface area (Å²) >= 11 is 0. The highest BCUT2D eigenvalue weighted by Gasteiger charge is 2.39. The van der Waals surface area contributed by atoms with Crippen LogP contribution in [0.15, 0.2) is 48.7 Å². The van der Waals surface area contributed by atoms with Crippen molar-refractivity contribution in [2.75, 3.05) is 5.32 Å². The fraction of sp³-hybridized carbons (Fsp3) is 0.308. The Bertz CT molecular complexity index is 1400. The fourth-order valence-electron chi connectivity index (χ4n) is 4.38. The summed E-state index contributed by atoms with van der Waals surface area (Å²) in [6, 6.07) is 11.9.